The molecule has 3 rings (SSSR count). The van der Waals surface area contributed by atoms with Gasteiger partial charge in [0.2, 0.25) is 5.65 Å². The Morgan fingerprint density at radius 3 is 2.88 bits per heavy atom. The van der Waals surface area contributed by atoms with Crippen molar-refractivity contribution >= 4 is 16.7 Å². The second kappa shape index (κ2) is 2.91. The first kappa shape index (κ1) is 9.08. The maximum absolute atomic E-state index is 11.7. The Kier molecular flexibility index (Phi) is 1.65. The lowest BCUT2D eigenvalue weighted by molar-refractivity contribution is 1.02. The molecule has 0 atom stereocenters. The predicted octanol–water partition coefficient (Wildman–Crippen LogP) is 1.19. The van der Waals surface area contributed by atoms with Gasteiger partial charge in [0.05, 0.1) is 11.0 Å². The topological polar surface area (TPSA) is 63.0 Å². The first-order valence-corrected chi connectivity index (χ1v) is 5.01. The minimum absolute atomic E-state index is 0.211. The van der Waals surface area contributed by atoms with Crippen LogP contribution in [-0.2, 0) is 0 Å². The largest absolute Gasteiger partial charge is 0.317 e. The summed E-state index contributed by atoms with van der Waals surface area (Å²) in [6.07, 6.45) is 0. The van der Waals surface area contributed by atoms with Crippen molar-refractivity contribution in [2.45, 2.75) is 13.8 Å². The number of aryl methyl sites for hydroxylation is 2. The third kappa shape index (κ3) is 1.08. The molecule has 0 saturated heterocycles. The minimum Gasteiger partial charge on any atom is -0.317 e. The summed E-state index contributed by atoms with van der Waals surface area (Å²) in [4.78, 5) is 14.5. The van der Waals surface area contributed by atoms with Gasteiger partial charge in [-0.1, -0.05) is 6.07 Å². The van der Waals surface area contributed by atoms with Crippen LogP contribution in [0.4, 0.5) is 0 Å². The quantitative estimate of drug-likeness (QED) is 0.611. The van der Waals surface area contributed by atoms with E-state index in [4.69, 9.17) is 0 Å². The molecule has 1 N–H and O–H groups in total. The fourth-order valence-corrected chi connectivity index (χ4v) is 1.91. The van der Waals surface area contributed by atoms with Crippen molar-refractivity contribution in [2.24, 2.45) is 0 Å². The van der Waals surface area contributed by atoms with Crippen LogP contribution in [0, 0.1) is 13.8 Å². The van der Waals surface area contributed by atoms with Crippen molar-refractivity contribution in [3.63, 3.8) is 0 Å². The zero-order chi connectivity index (χ0) is 11.3. The Hall–Kier alpha value is -2.17. The van der Waals surface area contributed by atoms with E-state index in [1.54, 1.807) is 4.40 Å². The van der Waals surface area contributed by atoms with E-state index in [0.29, 0.717) is 5.65 Å². The van der Waals surface area contributed by atoms with Gasteiger partial charge in [-0.25, -0.2) is 0 Å². The standard InChI is InChI=1S/C11H10N4O/c1-6-3-4-8-9(5-6)15-7(2)13-14-10(15)11(16)12-8/h3-5H,1-2H3,(H,12,16). The molecule has 0 bridgehead atoms. The SMILES string of the molecule is Cc1ccc2[nH]c(=O)c3nnc(C)n3c2c1. The number of aromatic nitrogens is 4. The second-order valence-corrected chi connectivity index (χ2v) is 3.88. The fourth-order valence-electron chi connectivity index (χ4n) is 1.91. The molecule has 0 unspecified atom stereocenters. The normalized spacial score (nSPS) is 11.4. The molecular weight excluding hydrogens is 204 g/mol. The number of H-pyrrole nitrogens is 1. The summed E-state index contributed by atoms with van der Waals surface area (Å²) in [5.74, 6) is 0.719. The highest BCUT2D eigenvalue weighted by Gasteiger charge is 2.09. The van der Waals surface area contributed by atoms with Crippen LogP contribution in [-0.4, -0.2) is 19.6 Å². The van der Waals surface area contributed by atoms with Gasteiger partial charge in [0, 0.05) is 0 Å². The smallest absolute Gasteiger partial charge is 0.294 e. The van der Waals surface area contributed by atoms with E-state index in [2.05, 4.69) is 15.2 Å². The maximum Gasteiger partial charge on any atom is 0.294 e. The summed E-state index contributed by atoms with van der Waals surface area (Å²) < 4.78 is 1.78. The number of benzene rings is 1. The zero-order valence-electron chi connectivity index (χ0n) is 8.98. The second-order valence-electron chi connectivity index (χ2n) is 3.88. The molecule has 3 aromatic rings. The lowest BCUT2D eigenvalue weighted by Crippen LogP contribution is -2.11. The van der Waals surface area contributed by atoms with Crippen LogP contribution in [0.25, 0.3) is 16.7 Å². The minimum atomic E-state index is -0.211. The fraction of sp³-hybridized carbons (Fsp3) is 0.182. The molecule has 5 heteroatoms. The first-order chi connectivity index (χ1) is 7.66. The van der Waals surface area contributed by atoms with E-state index < -0.39 is 0 Å². The molecule has 0 aliphatic carbocycles. The lowest BCUT2D eigenvalue weighted by Gasteiger charge is -2.03. The molecule has 0 fully saturated rings. The summed E-state index contributed by atoms with van der Waals surface area (Å²) in [5.41, 5.74) is 2.99. The van der Waals surface area contributed by atoms with Crippen LogP contribution in [0.15, 0.2) is 23.0 Å². The van der Waals surface area contributed by atoms with E-state index in [1.807, 2.05) is 32.0 Å². The number of aromatic amines is 1. The highest BCUT2D eigenvalue weighted by Crippen LogP contribution is 2.14. The number of fused-ring (bicyclic) bond motifs is 3. The Balaban J connectivity index is 2.69. The van der Waals surface area contributed by atoms with Crippen molar-refractivity contribution in [3.05, 3.63) is 39.9 Å². The average molecular weight is 214 g/mol. The van der Waals surface area contributed by atoms with Gasteiger partial charge in [-0.15, -0.1) is 10.2 Å². The molecule has 2 heterocycles. The average Bonchev–Trinajstić information content (AvgIpc) is 2.63. The summed E-state index contributed by atoms with van der Waals surface area (Å²) in [6.45, 7) is 3.84. The molecule has 1 aromatic carbocycles. The molecule has 0 aliphatic rings. The van der Waals surface area contributed by atoms with Crippen molar-refractivity contribution in [3.8, 4) is 0 Å². The number of nitrogens with one attached hydrogen (secondary N) is 1. The van der Waals surface area contributed by atoms with Gasteiger partial charge in [0.25, 0.3) is 5.56 Å². The molecule has 0 spiro atoms. The highest BCUT2D eigenvalue weighted by atomic mass is 16.1. The lowest BCUT2D eigenvalue weighted by atomic mass is 10.2. The highest BCUT2D eigenvalue weighted by molar-refractivity contribution is 5.78. The zero-order valence-corrected chi connectivity index (χ0v) is 8.98. The summed E-state index contributed by atoms with van der Waals surface area (Å²) >= 11 is 0. The molecule has 16 heavy (non-hydrogen) atoms. The molecule has 0 aliphatic heterocycles. The van der Waals surface area contributed by atoms with E-state index >= 15 is 0 Å². The number of hydrogen-bond donors (Lipinski definition) is 1. The van der Waals surface area contributed by atoms with Crippen LogP contribution < -0.4 is 5.56 Å². The molecule has 0 saturated carbocycles. The predicted molar refractivity (Wildman–Crippen MR) is 60.6 cm³/mol. The van der Waals surface area contributed by atoms with E-state index in [0.717, 1.165) is 22.4 Å². The van der Waals surface area contributed by atoms with Crippen LogP contribution in [0.1, 0.15) is 11.4 Å². The van der Waals surface area contributed by atoms with E-state index in [-0.39, 0.29) is 5.56 Å². The number of rotatable bonds is 0. The number of hydrogen-bond acceptors (Lipinski definition) is 3. The van der Waals surface area contributed by atoms with Crippen molar-refractivity contribution in [2.75, 3.05) is 0 Å². The summed E-state index contributed by atoms with van der Waals surface area (Å²) in [6, 6.07) is 5.86. The third-order valence-corrected chi connectivity index (χ3v) is 2.67. The first-order valence-electron chi connectivity index (χ1n) is 5.01. The monoisotopic (exact) mass is 214 g/mol. The van der Waals surface area contributed by atoms with E-state index in [9.17, 15) is 4.79 Å². The third-order valence-electron chi connectivity index (χ3n) is 2.67. The van der Waals surface area contributed by atoms with Crippen molar-refractivity contribution in [1.82, 2.24) is 19.6 Å². The van der Waals surface area contributed by atoms with Gasteiger partial charge in [-0.3, -0.25) is 9.20 Å². The van der Waals surface area contributed by atoms with Crippen molar-refractivity contribution < 1.29 is 0 Å². The summed E-state index contributed by atoms with van der Waals surface area (Å²) in [7, 11) is 0. The van der Waals surface area contributed by atoms with Crippen molar-refractivity contribution in [1.29, 1.82) is 0 Å². The van der Waals surface area contributed by atoms with Gasteiger partial charge in [0.1, 0.15) is 5.82 Å². The molecule has 80 valence electrons. The molecular formula is C11H10N4O. The molecule has 5 nitrogen and oxygen atoms in total. The van der Waals surface area contributed by atoms with Gasteiger partial charge in [-0.05, 0) is 31.5 Å². The van der Waals surface area contributed by atoms with Gasteiger partial charge in [-0.2, -0.15) is 0 Å². The molecule has 0 amide bonds. The van der Waals surface area contributed by atoms with Crippen LogP contribution in [0.3, 0.4) is 0 Å². The van der Waals surface area contributed by atoms with Gasteiger partial charge < -0.3 is 4.98 Å². The Morgan fingerprint density at radius 1 is 1.25 bits per heavy atom. The number of nitrogens with zero attached hydrogens (tertiary/aromatic N) is 3. The van der Waals surface area contributed by atoms with Crippen LogP contribution in [0.5, 0.6) is 0 Å². The Bertz CT molecular complexity index is 754. The molecule has 0 radical (unpaired) electrons. The maximum atomic E-state index is 11.7. The Labute approximate surface area is 90.8 Å². The summed E-state index contributed by atoms with van der Waals surface area (Å²) in [5, 5.41) is 7.80. The molecule has 2 aromatic heterocycles. The van der Waals surface area contributed by atoms with Gasteiger partial charge >= 0.3 is 0 Å². The van der Waals surface area contributed by atoms with Crippen LogP contribution >= 0.6 is 0 Å². The van der Waals surface area contributed by atoms with Crippen LogP contribution in [0.2, 0.25) is 0 Å². The van der Waals surface area contributed by atoms with Gasteiger partial charge in [0.15, 0.2) is 0 Å². The van der Waals surface area contributed by atoms with E-state index in [1.165, 1.54) is 0 Å². The Morgan fingerprint density at radius 2 is 2.06 bits per heavy atom.